The van der Waals surface area contributed by atoms with E-state index in [2.05, 4.69) is 79.8 Å². The number of amides is 8. The quantitative estimate of drug-likeness (QED) is 0.0187. The lowest BCUT2D eigenvalue weighted by molar-refractivity contribution is -0.143. The molecule has 8 saturated carbocycles. The molecule has 2 saturated heterocycles. The van der Waals surface area contributed by atoms with Crippen LogP contribution in [0, 0.1) is 34.3 Å². The minimum atomic E-state index is -3.93. The second-order valence-electron chi connectivity index (χ2n) is 35.0. The lowest BCUT2D eigenvalue weighted by Gasteiger charge is -2.35. The van der Waals surface area contributed by atoms with E-state index in [0.29, 0.717) is 48.9 Å². The van der Waals surface area contributed by atoms with Crippen molar-refractivity contribution < 1.29 is 82.9 Å². The van der Waals surface area contributed by atoms with Crippen molar-refractivity contribution in [2.75, 3.05) is 29.0 Å². The van der Waals surface area contributed by atoms with E-state index in [1.807, 2.05) is 0 Å². The smallest absolute Gasteiger partial charge is 0.408 e. The van der Waals surface area contributed by atoms with Gasteiger partial charge in [-0.1, -0.05) is 91.0 Å². The highest BCUT2D eigenvalue weighted by Crippen LogP contribution is 2.48. The van der Waals surface area contributed by atoms with Gasteiger partial charge < -0.3 is 71.7 Å². The standard InChI is InChI=1S/C41H55FN8O8S.C36H45ClFN7O8S.C5H11N/c1-5-24-22-41(24,37(53)49-59(55,56)30-18-19-30)48-35(51)31-20-29(23-50(31)36(52)34(40(2,3)4)47-39(54)58-28-12-8-9-13-28)57-33-21-32(43-26-10-6-7-11-26)45-38(46-33)44-27-16-14-25(42)15-17-27;1-5-20-18-36(20,32(48)44-54(50,51)25-14-15-25)43-30(46)26-16-24(52-28-17-27(37)40-33(41-28)39-22-12-10-21(38)11-13-22)19-45(26)31(47)29(35(2,3)4)42-34(49)53-23-8-6-7-9-23;6-5-3-1-2-4-5/h5,14-17,21,24,26,28-31,34H,1,6-13,18-20,22-23H2,2-4H3,(H,47,54)(H,48,51)(H,49,53)(H2,43,44,45,46);5,10-13,17,20,23-26,29H,1,6-9,14-16,18-19H2,2-4H3,(H,42,49)(H,43,46)(H,44,48)(H,39,40,41);5H,1-4,6H2/t24-,29-,31+,34-,41-;20-,24-,26+,29-,36-;/m11./s1. The van der Waals surface area contributed by atoms with E-state index >= 15 is 0 Å². The van der Waals surface area contributed by atoms with Crippen molar-refractivity contribution in [2.45, 2.75) is 278 Å². The number of carbonyl (C=O) groups excluding carboxylic acids is 8. The van der Waals surface area contributed by atoms with Gasteiger partial charge in [0.25, 0.3) is 11.8 Å². The lowest BCUT2D eigenvalue weighted by atomic mass is 9.85. The van der Waals surface area contributed by atoms with Crippen LogP contribution in [0.25, 0.3) is 0 Å². The number of nitrogens with zero attached hydrogens (tertiary/aromatic N) is 6. The average Bonchev–Trinajstić information content (AvgIpc) is 1.58. The molecule has 0 bridgehead atoms. The number of ether oxygens (including phenoxy) is 4. The Morgan fingerprint density at radius 2 is 0.916 bits per heavy atom. The van der Waals surface area contributed by atoms with E-state index in [4.69, 9.17) is 36.3 Å². The molecule has 32 nitrogen and oxygen atoms in total. The Kier molecular flexibility index (Phi) is 27.7. The number of rotatable bonds is 28. The fourth-order valence-corrected chi connectivity index (χ4v) is 19.0. The van der Waals surface area contributed by atoms with E-state index in [1.165, 1.54) is 90.1 Å². The van der Waals surface area contributed by atoms with Crippen molar-refractivity contribution in [1.82, 2.24) is 60.4 Å². The molecule has 11 N–H and O–H groups in total. The third kappa shape index (κ3) is 23.1. The first-order chi connectivity index (χ1) is 56.4. The Bertz CT molecular complexity index is 4630. The molecule has 14 rings (SSSR count). The molecule has 0 unspecified atom stereocenters. The number of aromatic nitrogens is 4. The summed E-state index contributed by atoms with van der Waals surface area (Å²) in [6.07, 6.45) is 17.2. The first kappa shape index (κ1) is 88.7. The molecule has 10 aliphatic rings. The molecule has 4 heterocycles. The summed E-state index contributed by atoms with van der Waals surface area (Å²) in [6, 6.07) is 10.3. The van der Waals surface area contributed by atoms with Crippen molar-refractivity contribution in [1.29, 1.82) is 0 Å². The van der Waals surface area contributed by atoms with E-state index in [1.54, 1.807) is 59.7 Å². The van der Waals surface area contributed by atoms with Crippen molar-refractivity contribution in [3.63, 3.8) is 0 Å². The second-order valence-corrected chi connectivity index (χ2v) is 39.3. The largest absolute Gasteiger partial charge is 0.472 e. The number of anilines is 5. The SMILES string of the molecule is C=C[C@@H]1C[C@]1(NC(=O)[C@@H]1C[C@@H](Oc2cc(Cl)nc(Nc3ccc(F)cc3)n2)CN1C(=O)[C@@H](NC(=O)OC1CCCC1)C(C)(C)C)C(=O)NS(=O)(=O)C1CC1.C=C[C@@H]1C[C@]1(NC(=O)[C@@H]1C[C@@H](Oc2cc(NC3CCCC3)nc(Nc3ccc(F)cc3)n2)CN1C(=O)[C@@H](NC(=O)OC1CCCC1)C(C)(C)C)C(=O)NS(=O)(=O)C1CC1.NC1CCCC1. The summed E-state index contributed by atoms with van der Waals surface area (Å²) in [4.78, 5) is 131. The molecule has 10 atom stereocenters. The molecular weight excluding hydrogens is 1600 g/mol. The summed E-state index contributed by atoms with van der Waals surface area (Å²) in [6.45, 7) is 18.0. The summed E-state index contributed by atoms with van der Waals surface area (Å²) in [5.41, 5.74) is 1.70. The van der Waals surface area contributed by atoms with Crippen LogP contribution in [-0.2, 0) is 58.3 Å². The van der Waals surface area contributed by atoms with Gasteiger partial charge in [-0.25, -0.2) is 40.2 Å². The van der Waals surface area contributed by atoms with Crippen LogP contribution in [0.1, 0.15) is 196 Å². The zero-order valence-electron chi connectivity index (χ0n) is 68.1. The Balaban J connectivity index is 0.000000204. The highest BCUT2D eigenvalue weighted by Gasteiger charge is 2.64. The molecule has 0 radical (unpaired) electrons. The topological polar surface area (TPSA) is 434 Å². The molecule has 8 aliphatic carbocycles. The Hall–Kier alpha value is -9.55. The van der Waals surface area contributed by atoms with E-state index in [0.717, 1.165) is 77.0 Å². The maximum atomic E-state index is 14.7. The van der Waals surface area contributed by atoms with E-state index < -0.39 is 160 Å². The molecule has 119 heavy (non-hydrogen) atoms. The lowest BCUT2D eigenvalue weighted by Crippen LogP contribution is -2.60. The number of sulfonamides is 2. The number of halogens is 3. The normalized spacial score (nSPS) is 24.9. The van der Waals surface area contributed by atoms with Gasteiger partial charge in [0.2, 0.25) is 67.3 Å². The van der Waals surface area contributed by atoms with Crippen LogP contribution >= 0.6 is 11.6 Å². The summed E-state index contributed by atoms with van der Waals surface area (Å²) in [5.74, 6) is -5.40. The third-order valence-corrected chi connectivity index (χ3v) is 27.2. The molecule has 8 amide bonds. The molecule has 4 aromatic rings. The maximum Gasteiger partial charge on any atom is 0.408 e. The zero-order chi connectivity index (χ0) is 85.5. The fourth-order valence-electron chi connectivity index (χ4n) is 16.1. The second kappa shape index (κ2) is 37.2. The summed E-state index contributed by atoms with van der Waals surface area (Å²) in [7, 11) is -7.86. The molecule has 0 spiro atoms. The van der Waals surface area contributed by atoms with Gasteiger partial charge in [-0.3, -0.25) is 38.2 Å². The minimum Gasteiger partial charge on any atom is -0.472 e. The predicted octanol–water partition coefficient (Wildman–Crippen LogP) is 9.82. The minimum absolute atomic E-state index is 0.0127. The van der Waals surface area contributed by atoms with Crippen LogP contribution in [0.15, 0.2) is 86.0 Å². The fraction of sp³-hybridized carbons (Fsp3) is 0.610. The van der Waals surface area contributed by atoms with Gasteiger partial charge in [0.15, 0.2) is 0 Å². The number of nitrogens with one attached hydrogen (secondary N) is 9. The number of alkyl carbamates (subject to hydrolysis) is 2. The molecule has 2 aromatic heterocycles. The predicted molar refractivity (Wildman–Crippen MR) is 439 cm³/mol. The highest BCUT2D eigenvalue weighted by atomic mass is 35.5. The highest BCUT2D eigenvalue weighted by molar-refractivity contribution is 7.91. The van der Waals surface area contributed by atoms with Crippen molar-refractivity contribution in [3.05, 3.63) is 103 Å². The van der Waals surface area contributed by atoms with Gasteiger partial charge in [-0.05, 0) is 175 Å². The number of benzene rings is 2. The van der Waals surface area contributed by atoms with Gasteiger partial charge in [0.1, 0.15) is 82.3 Å². The van der Waals surface area contributed by atoms with Crippen LogP contribution in [0.2, 0.25) is 5.15 Å². The van der Waals surface area contributed by atoms with Crippen LogP contribution in [0.4, 0.5) is 47.5 Å². The molecule has 10 fully saturated rings. The number of likely N-dealkylation sites (tertiary alicyclic amines) is 2. The van der Waals surface area contributed by atoms with Crippen LogP contribution in [-0.4, -0.2) is 190 Å². The van der Waals surface area contributed by atoms with Gasteiger partial charge in [0, 0.05) is 60.3 Å². The molecule has 2 aromatic carbocycles. The number of carbonyl (C=O) groups is 8. The van der Waals surface area contributed by atoms with Crippen molar-refractivity contribution >= 4 is 108 Å². The number of hydrogen-bond acceptors (Lipinski definition) is 24. The van der Waals surface area contributed by atoms with E-state index in [9.17, 15) is 64.0 Å². The molecular formula is C82H111ClF2N16O16S2. The first-order valence-corrected chi connectivity index (χ1v) is 44.8. The van der Waals surface area contributed by atoms with Crippen LogP contribution in [0.5, 0.6) is 11.8 Å². The summed E-state index contributed by atoms with van der Waals surface area (Å²) in [5, 5.41) is 19.2. The van der Waals surface area contributed by atoms with Gasteiger partial charge in [-0.2, -0.15) is 15.0 Å². The molecule has 648 valence electrons. The Morgan fingerprint density at radius 3 is 1.28 bits per heavy atom. The van der Waals surface area contributed by atoms with Crippen molar-refractivity contribution in [2.24, 2.45) is 28.4 Å². The average molecular weight is 1710 g/mol. The summed E-state index contributed by atoms with van der Waals surface area (Å²) < 4.78 is 106. The molecule has 37 heteroatoms. The third-order valence-electron chi connectivity index (χ3n) is 23.4. The van der Waals surface area contributed by atoms with Gasteiger partial charge >= 0.3 is 12.2 Å². The van der Waals surface area contributed by atoms with E-state index in [-0.39, 0.29) is 85.8 Å². The van der Waals surface area contributed by atoms with Gasteiger partial charge in [0.05, 0.1) is 23.6 Å². The molecule has 2 aliphatic heterocycles. The summed E-state index contributed by atoms with van der Waals surface area (Å²) >= 11 is 6.29. The first-order valence-electron chi connectivity index (χ1n) is 41.3. The van der Waals surface area contributed by atoms with Gasteiger partial charge in [-0.15, -0.1) is 13.2 Å². The number of nitrogens with two attached hydrogens (primary N) is 1. The van der Waals surface area contributed by atoms with Crippen LogP contribution < -0.4 is 61.9 Å². The van der Waals surface area contributed by atoms with Crippen LogP contribution in [0.3, 0.4) is 0 Å². The number of hydrogen-bond donors (Lipinski definition) is 10. The van der Waals surface area contributed by atoms with Crippen molar-refractivity contribution in [3.8, 4) is 11.8 Å². The zero-order valence-corrected chi connectivity index (χ0v) is 70.4. The Labute approximate surface area is 697 Å². The Morgan fingerprint density at radius 1 is 0.538 bits per heavy atom. The monoisotopic (exact) mass is 1710 g/mol. The maximum absolute atomic E-state index is 14.7.